The SMILES string of the molecule is [2H]C([2H])([2H])Oc1ccc(/C=C/c2cc(OCCCCCCCC(=O)OCC)cc(OC([2H])([2H])[2H])c2)cc1. The van der Waals surface area contributed by atoms with Gasteiger partial charge in [-0.3, -0.25) is 4.79 Å². The van der Waals surface area contributed by atoms with Crippen molar-refractivity contribution in [3.05, 3.63) is 53.6 Å². The quantitative estimate of drug-likeness (QED) is 0.203. The van der Waals surface area contributed by atoms with Crippen LogP contribution in [0.3, 0.4) is 0 Å². The first-order chi connectivity index (χ1) is 17.4. The highest BCUT2D eigenvalue weighted by molar-refractivity contribution is 5.71. The zero-order valence-corrected chi connectivity index (χ0v) is 17.9. The molecule has 5 heteroatoms. The Bertz CT molecular complexity index is 1000. The molecule has 31 heavy (non-hydrogen) atoms. The normalized spacial score (nSPS) is 14.5. The van der Waals surface area contributed by atoms with Crippen molar-refractivity contribution >= 4 is 18.1 Å². The Labute approximate surface area is 194 Å². The molecule has 0 aromatic heterocycles. The summed E-state index contributed by atoms with van der Waals surface area (Å²) >= 11 is 0. The van der Waals surface area contributed by atoms with Crippen LogP contribution in [0.25, 0.3) is 12.2 Å². The first-order valence-corrected chi connectivity index (χ1v) is 10.5. The van der Waals surface area contributed by atoms with E-state index in [-0.39, 0.29) is 17.5 Å². The van der Waals surface area contributed by atoms with Crippen LogP contribution >= 0.6 is 0 Å². The van der Waals surface area contributed by atoms with Gasteiger partial charge < -0.3 is 18.9 Å². The second-order valence-electron chi connectivity index (χ2n) is 7.02. The number of rotatable bonds is 14. The molecule has 0 aliphatic rings. The van der Waals surface area contributed by atoms with E-state index in [9.17, 15) is 4.79 Å². The van der Waals surface area contributed by atoms with Crippen LogP contribution in [-0.4, -0.2) is 33.3 Å². The molecule has 0 spiro atoms. The fraction of sp³-hybridized carbons (Fsp3) is 0.423. The summed E-state index contributed by atoms with van der Waals surface area (Å²) < 4.78 is 64.4. The van der Waals surface area contributed by atoms with Crippen LogP contribution in [0.15, 0.2) is 42.5 Å². The lowest BCUT2D eigenvalue weighted by atomic mass is 10.1. The van der Waals surface area contributed by atoms with Gasteiger partial charge in [0.15, 0.2) is 0 Å². The van der Waals surface area contributed by atoms with Crippen molar-refractivity contribution in [3.8, 4) is 17.2 Å². The first-order valence-electron chi connectivity index (χ1n) is 13.5. The maximum Gasteiger partial charge on any atom is 0.305 e. The molecule has 0 saturated carbocycles. The Hall–Kier alpha value is -2.95. The van der Waals surface area contributed by atoms with E-state index in [1.807, 2.05) is 0 Å². The van der Waals surface area contributed by atoms with E-state index in [0.717, 1.165) is 37.7 Å². The molecule has 0 N–H and O–H groups in total. The third-order valence-electron chi connectivity index (χ3n) is 4.59. The molecule has 0 bridgehead atoms. The molecule has 2 aromatic carbocycles. The fourth-order valence-corrected chi connectivity index (χ4v) is 3.00. The first kappa shape index (κ1) is 16.7. The Balaban J connectivity index is 1.93. The van der Waals surface area contributed by atoms with Gasteiger partial charge >= 0.3 is 5.97 Å². The highest BCUT2D eigenvalue weighted by Gasteiger charge is 2.03. The molecule has 2 aromatic rings. The zero-order chi connectivity index (χ0) is 27.3. The molecule has 0 heterocycles. The second kappa shape index (κ2) is 14.1. The van der Waals surface area contributed by atoms with Gasteiger partial charge in [0.25, 0.3) is 0 Å². The summed E-state index contributed by atoms with van der Waals surface area (Å²) in [6, 6.07) is 11.5. The monoisotopic (exact) mass is 432 g/mol. The third kappa shape index (κ3) is 9.60. The van der Waals surface area contributed by atoms with Crippen molar-refractivity contribution in [1.29, 1.82) is 0 Å². The van der Waals surface area contributed by atoms with E-state index in [1.54, 1.807) is 61.5 Å². The van der Waals surface area contributed by atoms with Gasteiger partial charge in [-0.05, 0) is 55.2 Å². The zero-order valence-electron chi connectivity index (χ0n) is 23.9. The molecule has 5 nitrogen and oxygen atoms in total. The predicted octanol–water partition coefficient (Wildman–Crippen LogP) is 6.16. The standard InChI is InChI=1S/C26H34O5/c1-4-30-26(27)10-8-6-5-7-9-17-31-25-19-22(18-24(20-25)29-3)12-11-21-13-15-23(28-2)16-14-21/h11-16,18-20H,4-10,17H2,1-3H3/b12-11+/i2D3,3D3. The molecular formula is C26H34O5. The molecule has 0 amide bonds. The van der Waals surface area contributed by atoms with Crippen LogP contribution in [0.5, 0.6) is 17.2 Å². The van der Waals surface area contributed by atoms with E-state index in [1.165, 1.54) is 0 Å². The molecule has 0 atom stereocenters. The topological polar surface area (TPSA) is 54.0 Å². The van der Waals surface area contributed by atoms with Crippen LogP contribution in [0.1, 0.15) is 64.8 Å². The molecule has 0 aliphatic carbocycles. The summed E-state index contributed by atoms with van der Waals surface area (Å²) in [5.74, 6) is 0.733. The van der Waals surface area contributed by atoms with Gasteiger partial charge in [0.05, 0.1) is 35.5 Å². The number of benzene rings is 2. The van der Waals surface area contributed by atoms with E-state index in [2.05, 4.69) is 0 Å². The highest BCUT2D eigenvalue weighted by Crippen LogP contribution is 2.25. The summed E-state index contributed by atoms with van der Waals surface area (Å²) in [4.78, 5) is 11.3. The highest BCUT2D eigenvalue weighted by atomic mass is 16.5. The summed E-state index contributed by atoms with van der Waals surface area (Å²) in [5, 5.41) is 0. The van der Waals surface area contributed by atoms with Crippen molar-refractivity contribution in [1.82, 2.24) is 0 Å². The van der Waals surface area contributed by atoms with Crippen molar-refractivity contribution < 1.29 is 32.0 Å². The van der Waals surface area contributed by atoms with Crippen molar-refractivity contribution in [2.75, 3.05) is 27.3 Å². The van der Waals surface area contributed by atoms with Gasteiger partial charge in [0.2, 0.25) is 0 Å². The molecule has 0 saturated heterocycles. The smallest absolute Gasteiger partial charge is 0.305 e. The number of unbranched alkanes of at least 4 members (excludes halogenated alkanes) is 4. The molecule has 0 radical (unpaired) electrons. The summed E-state index contributed by atoms with van der Waals surface area (Å²) in [5.41, 5.74) is 1.48. The van der Waals surface area contributed by atoms with Crippen molar-refractivity contribution in [2.45, 2.75) is 45.4 Å². The third-order valence-corrected chi connectivity index (χ3v) is 4.59. The van der Waals surface area contributed by atoms with E-state index < -0.39 is 14.1 Å². The summed E-state index contributed by atoms with van der Waals surface area (Å²) in [6.07, 6.45) is 8.52. The predicted molar refractivity (Wildman–Crippen MR) is 125 cm³/mol. The number of carbonyl (C=O) groups excluding carboxylic acids is 1. The van der Waals surface area contributed by atoms with Gasteiger partial charge in [0.1, 0.15) is 17.2 Å². The Morgan fingerprint density at radius 3 is 2.29 bits per heavy atom. The van der Waals surface area contributed by atoms with Crippen molar-refractivity contribution in [2.24, 2.45) is 0 Å². The summed E-state index contributed by atoms with van der Waals surface area (Å²) in [7, 11) is -5.11. The van der Waals surface area contributed by atoms with Gasteiger partial charge in [0, 0.05) is 12.5 Å². The number of hydrogen-bond donors (Lipinski definition) is 0. The maximum absolute atomic E-state index is 11.3. The fourth-order valence-electron chi connectivity index (χ4n) is 3.00. The van der Waals surface area contributed by atoms with Crippen LogP contribution in [0, 0.1) is 0 Å². The lowest BCUT2D eigenvalue weighted by molar-refractivity contribution is -0.143. The number of carbonyl (C=O) groups is 1. The van der Waals surface area contributed by atoms with Crippen LogP contribution in [0.4, 0.5) is 0 Å². The van der Waals surface area contributed by atoms with E-state index in [0.29, 0.717) is 30.9 Å². The van der Waals surface area contributed by atoms with E-state index >= 15 is 0 Å². The molecule has 0 aliphatic heterocycles. The molecule has 168 valence electrons. The molecular weight excluding hydrogens is 392 g/mol. The minimum Gasteiger partial charge on any atom is -0.497 e. The number of ether oxygens (including phenoxy) is 4. The molecule has 2 rings (SSSR count). The maximum atomic E-state index is 11.3. The molecule has 0 unspecified atom stereocenters. The lowest BCUT2D eigenvalue weighted by Crippen LogP contribution is -2.03. The van der Waals surface area contributed by atoms with E-state index in [4.69, 9.17) is 27.2 Å². The van der Waals surface area contributed by atoms with Gasteiger partial charge in [-0.15, -0.1) is 0 Å². The Morgan fingerprint density at radius 1 is 0.839 bits per heavy atom. The van der Waals surface area contributed by atoms with Crippen LogP contribution in [0.2, 0.25) is 0 Å². The van der Waals surface area contributed by atoms with Gasteiger partial charge in [-0.2, -0.15) is 0 Å². The number of esters is 1. The molecule has 0 fully saturated rings. The van der Waals surface area contributed by atoms with Crippen LogP contribution in [-0.2, 0) is 9.53 Å². The van der Waals surface area contributed by atoms with Gasteiger partial charge in [-0.25, -0.2) is 0 Å². The largest absolute Gasteiger partial charge is 0.497 e. The lowest BCUT2D eigenvalue weighted by Gasteiger charge is -2.09. The average molecular weight is 433 g/mol. The summed E-state index contributed by atoms with van der Waals surface area (Å²) in [6.45, 7) is 2.66. The number of methoxy groups -OCH3 is 2. The van der Waals surface area contributed by atoms with Crippen LogP contribution < -0.4 is 14.2 Å². The number of hydrogen-bond acceptors (Lipinski definition) is 5. The Morgan fingerprint density at radius 2 is 1.52 bits per heavy atom. The Kier molecular flexibility index (Phi) is 7.61. The second-order valence-corrected chi connectivity index (χ2v) is 7.02. The van der Waals surface area contributed by atoms with Crippen molar-refractivity contribution in [3.63, 3.8) is 0 Å². The average Bonchev–Trinajstić information content (AvgIpc) is 2.78. The minimum atomic E-state index is -2.60. The minimum absolute atomic E-state index is 0.158. The van der Waals surface area contributed by atoms with Gasteiger partial charge in [-0.1, -0.05) is 43.5 Å².